The van der Waals surface area contributed by atoms with Crippen molar-refractivity contribution in [3.05, 3.63) is 70.8 Å². The number of likely N-dealkylation sites (N-methyl/N-ethyl adjacent to an activating group) is 1. The number of benzene rings is 1. The van der Waals surface area contributed by atoms with E-state index in [1.807, 2.05) is 31.9 Å². The van der Waals surface area contributed by atoms with Crippen molar-refractivity contribution in [1.29, 1.82) is 0 Å². The molecule has 2 aromatic rings. The normalized spacial score (nSPS) is 21.5. The first kappa shape index (κ1) is 30.7. The standard InChI is InChI=1S/C31H38F3N7O2/c1-19-12-23(13-27(20(19)2)36-15-25-16-37-28(17-35-25)39-29(42)21-4-5-21)30(43)38-24-7-6-22(26(14-24)31(32,33)34)18-41-10-8-40(3)9-11-41/h6-7,12-14,16-17,19-21,36H,4-5,8-11,15,18H2,1-3H3,(H,38,43)(H,37,39,42). The van der Waals surface area contributed by atoms with E-state index in [9.17, 15) is 22.8 Å². The summed E-state index contributed by atoms with van der Waals surface area (Å²) in [5, 5.41) is 8.75. The SMILES string of the molecule is CC1C=C(C(=O)Nc2ccc(CN3CCN(C)CC3)c(C(F)(F)F)c2)C=C(NCc2cnc(NC(=O)C3CC3)cn2)C1C. The van der Waals surface area contributed by atoms with E-state index in [4.69, 9.17) is 0 Å². The fourth-order valence-electron chi connectivity index (χ4n) is 5.19. The van der Waals surface area contributed by atoms with Crippen molar-refractivity contribution in [1.82, 2.24) is 25.1 Å². The molecule has 1 saturated carbocycles. The Labute approximate surface area is 249 Å². The molecule has 2 amide bonds. The highest BCUT2D eigenvalue weighted by Crippen LogP contribution is 2.35. The summed E-state index contributed by atoms with van der Waals surface area (Å²) in [6.45, 7) is 7.61. The third-order valence-electron chi connectivity index (χ3n) is 8.34. The van der Waals surface area contributed by atoms with Crippen molar-refractivity contribution in [2.75, 3.05) is 43.9 Å². The number of halogens is 3. The van der Waals surface area contributed by atoms with Gasteiger partial charge in [-0.2, -0.15) is 13.2 Å². The van der Waals surface area contributed by atoms with Crippen LogP contribution in [0, 0.1) is 17.8 Å². The number of aromatic nitrogens is 2. The molecule has 2 heterocycles. The van der Waals surface area contributed by atoms with Crippen molar-refractivity contribution in [2.24, 2.45) is 17.8 Å². The molecule has 5 rings (SSSR count). The smallest absolute Gasteiger partial charge is 0.382 e. The molecule has 1 aromatic heterocycles. The Morgan fingerprint density at radius 3 is 2.42 bits per heavy atom. The van der Waals surface area contributed by atoms with Gasteiger partial charge < -0.3 is 20.9 Å². The first-order valence-electron chi connectivity index (χ1n) is 14.7. The van der Waals surface area contributed by atoms with Crippen molar-refractivity contribution in [3.8, 4) is 0 Å². The number of piperazine rings is 1. The summed E-state index contributed by atoms with van der Waals surface area (Å²) in [4.78, 5) is 37.9. The molecule has 9 nitrogen and oxygen atoms in total. The van der Waals surface area contributed by atoms with Gasteiger partial charge in [-0.15, -0.1) is 0 Å². The second kappa shape index (κ2) is 12.8. The lowest BCUT2D eigenvalue weighted by Gasteiger charge is -2.33. The number of nitrogens with zero attached hydrogens (tertiary/aromatic N) is 4. The molecule has 1 aliphatic heterocycles. The minimum atomic E-state index is -4.54. The maximum atomic E-state index is 14.0. The number of amides is 2. The second-order valence-electron chi connectivity index (χ2n) is 11.8. The number of alkyl halides is 3. The van der Waals surface area contributed by atoms with Gasteiger partial charge in [0.15, 0.2) is 5.82 Å². The van der Waals surface area contributed by atoms with Crippen molar-refractivity contribution < 1.29 is 22.8 Å². The number of anilines is 2. The summed E-state index contributed by atoms with van der Waals surface area (Å²) >= 11 is 0. The monoisotopic (exact) mass is 597 g/mol. The molecule has 1 aromatic carbocycles. The minimum Gasteiger partial charge on any atom is -0.382 e. The van der Waals surface area contributed by atoms with Gasteiger partial charge in [0.1, 0.15) is 0 Å². The Morgan fingerprint density at radius 2 is 1.77 bits per heavy atom. The molecule has 2 unspecified atom stereocenters. The molecule has 1 saturated heterocycles. The highest BCUT2D eigenvalue weighted by atomic mass is 19.4. The number of carbonyl (C=O) groups is 2. The van der Waals surface area contributed by atoms with E-state index >= 15 is 0 Å². The van der Waals surface area contributed by atoms with Crippen molar-refractivity contribution in [2.45, 2.75) is 46.0 Å². The van der Waals surface area contributed by atoms with Crippen LogP contribution in [-0.4, -0.2) is 64.8 Å². The zero-order valence-electron chi connectivity index (χ0n) is 24.7. The number of allylic oxidation sites excluding steroid dienone is 2. The van der Waals surface area contributed by atoms with E-state index in [-0.39, 0.29) is 41.5 Å². The largest absolute Gasteiger partial charge is 0.416 e. The predicted molar refractivity (Wildman–Crippen MR) is 158 cm³/mol. The maximum Gasteiger partial charge on any atom is 0.416 e. The van der Waals surface area contributed by atoms with Crippen molar-refractivity contribution >= 4 is 23.3 Å². The Kier molecular flexibility index (Phi) is 9.16. The lowest BCUT2D eigenvalue weighted by atomic mass is 9.85. The Morgan fingerprint density at radius 1 is 1.02 bits per heavy atom. The fourth-order valence-corrected chi connectivity index (χ4v) is 5.19. The maximum absolute atomic E-state index is 14.0. The highest BCUT2D eigenvalue weighted by molar-refractivity contribution is 6.06. The summed E-state index contributed by atoms with van der Waals surface area (Å²) in [5.41, 5.74) is 1.39. The number of nitrogens with one attached hydrogen (secondary N) is 3. The van der Waals surface area contributed by atoms with E-state index in [0.29, 0.717) is 36.7 Å². The van der Waals surface area contributed by atoms with Crippen LogP contribution in [0.15, 0.2) is 54.0 Å². The molecule has 3 aliphatic rings. The van der Waals surface area contributed by atoms with Crippen LogP contribution in [0.3, 0.4) is 0 Å². The number of carbonyl (C=O) groups excluding carboxylic acids is 2. The first-order chi connectivity index (χ1) is 20.5. The molecule has 0 spiro atoms. The van der Waals surface area contributed by atoms with Gasteiger partial charge in [0, 0.05) is 61.5 Å². The average molecular weight is 598 g/mol. The molecule has 3 N–H and O–H groups in total. The zero-order valence-corrected chi connectivity index (χ0v) is 24.7. The molecular weight excluding hydrogens is 559 g/mol. The quantitative estimate of drug-likeness (QED) is 0.394. The van der Waals surface area contributed by atoms with Gasteiger partial charge >= 0.3 is 6.18 Å². The van der Waals surface area contributed by atoms with E-state index in [1.165, 1.54) is 18.3 Å². The van der Waals surface area contributed by atoms with Crippen LogP contribution in [-0.2, 0) is 28.9 Å². The van der Waals surface area contributed by atoms with Gasteiger partial charge in [-0.25, -0.2) is 4.98 Å². The van der Waals surface area contributed by atoms with E-state index in [1.54, 1.807) is 12.3 Å². The molecule has 12 heteroatoms. The zero-order chi connectivity index (χ0) is 30.7. The molecule has 0 bridgehead atoms. The lowest BCUT2D eigenvalue weighted by Crippen LogP contribution is -2.44. The summed E-state index contributed by atoms with van der Waals surface area (Å²) in [7, 11) is 2.00. The van der Waals surface area contributed by atoms with Gasteiger partial charge in [-0.1, -0.05) is 26.0 Å². The van der Waals surface area contributed by atoms with Crippen LogP contribution >= 0.6 is 0 Å². The van der Waals surface area contributed by atoms with Crippen molar-refractivity contribution in [3.63, 3.8) is 0 Å². The van der Waals surface area contributed by atoms with Crippen LogP contribution < -0.4 is 16.0 Å². The fraction of sp³-hybridized carbons (Fsp3) is 0.484. The molecule has 0 radical (unpaired) electrons. The van der Waals surface area contributed by atoms with Crippen LogP contribution in [0.2, 0.25) is 0 Å². The van der Waals surface area contributed by atoms with Crippen LogP contribution in [0.5, 0.6) is 0 Å². The predicted octanol–water partition coefficient (Wildman–Crippen LogP) is 4.42. The Balaban J connectivity index is 1.23. The van der Waals surface area contributed by atoms with Gasteiger partial charge in [0.2, 0.25) is 5.91 Å². The van der Waals surface area contributed by atoms with E-state index in [2.05, 4.69) is 30.8 Å². The molecule has 2 aliphatic carbocycles. The lowest BCUT2D eigenvalue weighted by molar-refractivity contribution is -0.138. The van der Waals surface area contributed by atoms with E-state index < -0.39 is 17.6 Å². The Hall–Kier alpha value is -3.77. The summed E-state index contributed by atoms with van der Waals surface area (Å²) < 4.78 is 42.1. The second-order valence-corrected chi connectivity index (χ2v) is 11.8. The topological polar surface area (TPSA) is 102 Å². The number of rotatable bonds is 9. The summed E-state index contributed by atoms with van der Waals surface area (Å²) in [6.07, 6.45) is 3.92. The Bertz CT molecular complexity index is 1400. The molecule has 2 atom stereocenters. The summed E-state index contributed by atoms with van der Waals surface area (Å²) in [6, 6.07) is 4.02. The van der Waals surface area contributed by atoms with Crippen LogP contribution in [0.25, 0.3) is 0 Å². The molecule has 230 valence electrons. The van der Waals surface area contributed by atoms with Gasteiger partial charge in [0.05, 0.1) is 30.2 Å². The van der Waals surface area contributed by atoms with Gasteiger partial charge in [-0.05, 0) is 49.6 Å². The minimum absolute atomic E-state index is 0.0102. The molecular formula is C31H38F3N7O2. The van der Waals surface area contributed by atoms with Gasteiger partial charge in [-0.3, -0.25) is 19.5 Å². The number of hydrogen-bond donors (Lipinski definition) is 3. The van der Waals surface area contributed by atoms with Gasteiger partial charge in [0.25, 0.3) is 5.91 Å². The third-order valence-corrected chi connectivity index (χ3v) is 8.34. The highest BCUT2D eigenvalue weighted by Gasteiger charge is 2.34. The summed E-state index contributed by atoms with van der Waals surface area (Å²) in [5.74, 6) is 0.0473. The van der Waals surface area contributed by atoms with Crippen LogP contribution in [0.1, 0.15) is 43.5 Å². The average Bonchev–Trinajstić information content (AvgIpc) is 3.82. The third kappa shape index (κ3) is 7.99. The number of hydrogen-bond acceptors (Lipinski definition) is 7. The van der Waals surface area contributed by atoms with Crippen LogP contribution in [0.4, 0.5) is 24.7 Å². The molecule has 43 heavy (non-hydrogen) atoms. The van der Waals surface area contributed by atoms with E-state index in [0.717, 1.165) is 37.7 Å². The molecule has 2 fully saturated rings. The first-order valence-corrected chi connectivity index (χ1v) is 14.7.